The normalized spacial score (nSPS) is 17.8. The quantitative estimate of drug-likeness (QED) is 0.839. The minimum atomic E-state index is -3.35. The number of hydrogen-bond donors (Lipinski definition) is 0. The van der Waals surface area contributed by atoms with Gasteiger partial charge in [0, 0.05) is 19.3 Å². The van der Waals surface area contributed by atoms with Crippen LogP contribution in [-0.2, 0) is 10.0 Å². The van der Waals surface area contributed by atoms with E-state index in [0.717, 1.165) is 3.79 Å². The molecule has 6 nitrogen and oxygen atoms in total. The Hall–Kier alpha value is -0.770. The van der Waals surface area contributed by atoms with Gasteiger partial charge in [-0.3, -0.25) is 0 Å². The molecule has 0 unspecified atom stereocenters. The third-order valence-electron chi connectivity index (χ3n) is 2.79. The first kappa shape index (κ1) is 12.3. The van der Waals surface area contributed by atoms with Gasteiger partial charge >= 0.3 is 0 Å². The fraction of sp³-hybridized carbons (Fsp3) is 0.333. The first-order valence-electron chi connectivity index (χ1n) is 5.18. The molecular weight excluding hydrogens is 340 g/mol. The number of aromatic nitrogens is 3. The van der Waals surface area contributed by atoms with E-state index in [1.807, 2.05) is 0 Å². The van der Waals surface area contributed by atoms with Crippen LogP contribution < -0.4 is 0 Å². The van der Waals surface area contributed by atoms with E-state index < -0.39 is 10.0 Å². The van der Waals surface area contributed by atoms with Crippen LogP contribution in [0.2, 0.25) is 0 Å². The van der Waals surface area contributed by atoms with Gasteiger partial charge < -0.3 is 0 Å². The number of nitrogens with zero attached hydrogens (tertiary/aromatic N) is 4. The second-order valence-corrected chi connectivity index (χ2v) is 8.55. The summed E-state index contributed by atoms with van der Waals surface area (Å²) in [6.45, 7) is 0.891. The van der Waals surface area contributed by atoms with Crippen LogP contribution >= 0.6 is 27.3 Å². The van der Waals surface area contributed by atoms with Gasteiger partial charge in [-0.05, 0) is 28.1 Å². The highest BCUT2D eigenvalue weighted by atomic mass is 79.9. The summed E-state index contributed by atoms with van der Waals surface area (Å²) in [7, 11) is -3.35. The van der Waals surface area contributed by atoms with Crippen molar-refractivity contribution in [1.82, 2.24) is 19.3 Å². The van der Waals surface area contributed by atoms with Gasteiger partial charge in [0.1, 0.15) is 4.21 Å². The molecule has 0 aromatic carbocycles. The van der Waals surface area contributed by atoms with E-state index in [0.29, 0.717) is 17.3 Å². The monoisotopic (exact) mass is 348 g/mol. The summed E-state index contributed by atoms with van der Waals surface area (Å²) >= 11 is 4.49. The van der Waals surface area contributed by atoms with Crippen LogP contribution in [0.25, 0.3) is 0 Å². The maximum absolute atomic E-state index is 12.2. The molecule has 1 aliphatic heterocycles. The first-order valence-corrected chi connectivity index (χ1v) is 8.23. The van der Waals surface area contributed by atoms with Gasteiger partial charge in [-0.25, -0.2) is 13.1 Å². The van der Waals surface area contributed by atoms with Crippen molar-refractivity contribution in [2.24, 2.45) is 0 Å². The topological polar surface area (TPSA) is 68.1 Å². The lowest BCUT2D eigenvalue weighted by atomic mass is 10.2. The van der Waals surface area contributed by atoms with Crippen molar-refractivity contribution in [2.75, 3.05) is 13.1 Å². The summed E-state index contributed by atoms with van der Waals surface area (Å²) in [4.78, 5) is 0. The van der Waals surface area contributed by atoms with Gasteiger partial charge in [0.25, 0.3) is 10.0 Å². The highest BCUT2D eigenvalue weighted by molar-refractivity contribution is 9.11. The van der Waals surface area contributed by atoms with E-state index in [1.165, 1.54) is 15.6 Å². The molecule has 1 saturated heterocycles. The molecule has 1 fully saturated rings. The molecule has 3 rings (SSSR count). The van der Waals surface area contributed by atoms with Crippen molar-refractivity contribution >= 4 is 37.3 Å². The maximum Gasteiger partial charge on any atom is 0.252 e. The molecule has 18 heavy (non-hydrogen) atoms. The van der Waals surface area contributed by atoms with Crippen LogP contribution in [0.4, 0.5) is 0 Å². The average Bonchev–Trinajstić information content (AvgIpc) is 2.86. The lowest BCUT2D eigenvalue weighted by Gasteiger charge is -2.37. The van der Waals surface area contributed by atoms with Gasteiger partial charge in [-0.2, -0.15) is 4.31 Å². The SMILES string of the molecule is O=S(=O)(c1ccc(Br)s1)N1CC(n2ccnn2)C1. The average molecular weight is 349 g/mol. The van der Waals surface area contributed by atoms with Gasteiger partial charge in [0.05, 0.1) is 16.0 Å². The molecule has 0 N–H and O–H groups in total. The number of sulfonamides is 1. The third-order valence-corrected chi connectivity index (χ3v) is 6.71. The third kappa shape index (κ3) is 2.00. The molecule has 0 amide bonds. The van der Waals surface area contributed by atoms with Crippen molar-refractivity contribution in [3.8, 4) is 0 Å². The summed E-state index contributed by atoms with van der Waals surface area (Å²) < 4.78 is 28.8. The van der Waals surface area contributed by atoms with Crippen LogP contribution in [-0.4, -0.2) is 40.8 Å². The van der Waals surface area contributed by atoms with Crippen LogP contribution in [0.15, 0.2) is 32.5 Å². The minimum Gasteiger partial charge on any atom is -0.247 e. The molecule has 0 saturated carbocycles. The van der Waals surface area contributed by atoms with Crippen molar-refractivity contribution in [2.45, 2.75) is 10.3 Å². The van der Waals surface area contributed by atoms with E-state index in [2.05, 4.69) is 26.2 Å². The highest BCUT2D eigenvalue weighted by Gasteiger charge is 2.38. The second-order valence-electron chi connectivity index (χ2n) is 3.92. The molecule has 0 bridgehead atoms. The molecular formula is C9H9BrN4O2S2. The van der Waals surface area contributed by atoms with E-state index in [1.54, 1.807) is 29.2 Å². The Morgan fingerprint density at radius 1 is 1.39 bits per heavy atom. The predicted molar refractivity (Wildman–Crippen MR) is 69.8 cm³/mol. The minimum absolute atomic E-state index is 0.0886. The zero-order chi connectivity index (χ0) is 12.8. The standard InChI is InChI=1S/C9H9BrN4O2S2/c10-8-1-2-9(17-8)18(15,16)13-5-7(6-13)14-4-3-11-12-14/h1-4,7H,5-6H2. The Labute approximate surface area is 116 Å². The predicted octanol–water partition coefficient (Wildman–Crippen LogP) is 1.35. The molecule has 1 aliphatic rings. The molecule has 2 aromatic rings. The van der Waals surface area contributed by atoms with Crippen LogP contribution in [0, 0.1) is 0 Å². The number of hydrogen-bond acceptors (Lipinski definition) is 5. The fourth-order valence-corrected chi connectivity index (χ4v) is 5.43. The number of rotatable bonds is 3. The molecule has 0 radical (unpaired) electrons. The largest absolute Gasteiger partial charge is 0.252 e. The lowest BCUT2D eigenvalue weighted by molar-refractivity contribution is 0.189. The van der Waals surface area contributed by atoms with Crippen LogP contribution in [0.1, 0.15) is 6.04 Å². The molecule has 0 atom stereocenters. The summed E-state index contributed by atoms with van der Waals surface area (Å²) in [5, 5.41) is 7.59. The van der Waals surface area contributed by atoms with Gasteiger partial charge in [0.15, 0.2) is 0 Å². The van der Waals surface area contributed by atoms with E-state index in [-0.39, 0.29) is 6.04 Å². The maximum atomic E-state index is 12.2. The Balaban J connectivity index is 1.75. The molecule has 0 spiro atoms. The Bertz CT molecular complexity index is 646. The lowest BCUT2D eigenvalue weighted by Crippen LogP contribution is -2.50. The fourth-order valence-electron chi connectivity index (χ4n) is 1.76. The van der Waals surface area contributed by atoms with Crippen molar-refractivity contribution in [3.63, 3.8) is 0 Å². The number of thiophene rings is 1. The molecule has 9 heteroatoms. The van der Waals surface area contributed by atoms with Gasteiger partial charge in [0.2, 0.25) is 0 Å². The summed E-state index contributed by atoms with van der Waals surface area (Å²) in [6.07, 6.45) is 3.34. The van der Waals surface area contributed by atoms with Gasteiger partial charge in [-0.1, -0.05) is 5.21 Å². The van der Waals surface area contributed by atoms with Crippen molar-refractivity contribution in [1.29, 1.82) is 0 Å². The van der Waals surface area contributed by atoms with E-state index >= 15 is 0 Å². The smallest absolute Gasteiger partial charge is 0.247 e. The highest BCUT2D eigenvalue weighted by Crippen LogP contribution is 2.32. The Morgan fingerprint density at radius 2 is 2.17 bits per heavy atom. The summed E-state index contributed by atoms with van der Waals surface area (Å²) in [5.41, 5.74) is 0. The summed E-state index contributed by atoms with van der Waals surface area (Å²) in [6, 6.07) is 3.45. The zero-order valence-electron chi connectivity index (χ0n) is 9.10. The number of halogens is 1. The summed E-state index contributed by atoms with van der Waals surface area (Å²) in [5.74, 6) is 0. The Morgan fingerprint density at radius 3 is 2.72 bits per heavy atom. The van der Waals surface area contributed by atoms with E-state index in [4.69, 9.17) is 0 Å². The Kier molecular flexibility index (Phi) is 3.00. The molecule has 0 aliphatic carbocycles. The van der Waals surface area contributed by atoms with Crippen molar-refractivity contribution in [3.05, 3.63) is 28.3 Å². The first-order chi connectivity index (χ1) is 8.57. The molecule has 96 valence electrons. The van der Waals surface area contributed by atoms with E-state index in [9.17, 15) is 8.42 Å². The van der Waals surface area contributed by atoms with Crippen LogP contribution in [0.3, 0.4) is 0 Å². The second kappa shape index (κ2) is 4.41. The zero-order valence-corrected chi connectivity index (χ0v) is 12.3. The van der Waals surface area contributed by atoms with Crippen molar-refractivity contribution < 1.29 is 8.42 Å². The van der Waals surface area contributed by atoms with Gasteiger partial charge in [-0.15, -0.1) is 16.4 Å². The molecule has 3 heterocycles. The van der Waals surface area contributed by atoms with Crippen LogP contribution in [0.5, 0.6) is 0 Å². The molecule has 2 aromatic heterocycles.